The molecule has 158 valence electrons. The van der Waals surface area contributed by atoms with Crippen LogP contribution in [0.1, 0.15) is 17.7 Å². The molecule has 5 N–H and O–H groups in total. The number of aromatic nitrogens is 3. The number of hydrogen-bond acceptors (Lipinski definition) is 9. The number of nitrogen functional groups attached to an aromatic ring is 1. The van der Waals surface area contributed by atoms with Gasteiger partial charge in [-0.05, 0) is 25.5 Å². The molecular formula is C20H19N7O3S. The highest BCUT2D eigenvalue weighted by Gasteiger charge is 2.25. The number of carbonyl (C=O) groups is 1. The van der Waals surface area contributed by atoms with Crippen molar-refractivity contribution in [1.82, 2.24) is 14.5 Å². The summed E-state index contributed by atoms with van der Waals surface area (Å²) in [4.78, 5) is 20.3. The Hall–Kier alpha value is -4.04. The normalized spacial score (nSPS) is 10.8. The lowest BCUT2D eigenvalue weighted by Gasteiger charge is -2.12. The van der Waals surface area contributed by atoms with E-state index >= 15 is 0 Å². The molecule has 11 heteroatoms. The minimum Gasteiger partial charge on any atom is -0.461 e. The number of nitrogens with one attached hydrogen (secondary N) is 1. The smallest absolute Gasteiger partial charge is 0.410 e. The molecule has 0 spiro atoms. The molecule has 0 atom stereocenters. The summed E-state index contributed by atoms with van der Waals surface area (Å²) in [6, 6.07) is 5.77. The highest BCUT2D eigenvalue weighted by Crippen LogP contribution is 2.46. The predicted octanol–water partition coefficient (Wildman–Crippen LogP) is 3.47. The van der Waals surface area contributed by atoms with Crippen molar-refractivity contribution < 1.29 is 13.9 Å². The number of fused-ring (bicyclic) bond motifs is 1. The Balaban J connectivity index is 1.77. The standard InChI is InChI=1S/C20H19N7O3S/c1-11-3-4-13(29-11)14-12(9-21)17(25-5-2-7-27-8-6-24-10-27)26-18-15(14)16(22)19(31-18)30-20(23)28/h3-4,6,8,10H,2,5,7,22H2,1H3,(H2,23,28)(H,25,26). The molecule has 1 amide bonds. The Kier molecular flexibility index (Phi) is 5.46. The number of furan rings is 1. The van der Waals surface area contributed by atoms with Crippen LogP contribution in [-0.4, -0.2) is 27.2 Å². The third-order valence-corrected chi connectivity index (χ3v) is 5.56. The number of ether oxygens (including phenoxy) is 1. The molecule has 4 aromatic heterocycles. The molecule has 0 aliphatic rings. The average molecular weight is 437 g/mol. The number of hydrogen-bond donors (Lipinski definition) is 3. The number of primary amides is 1. The number of nitriles is 1. The summed E-state index contributed by atoms with van der Waals surface area (Å²) in [6.07, 6.45) is 5.17. The fourth-order valence-electron chi connectivity index (χ4n) is 3.24. The summed E-state index contributed by atoms with van der Waals surface area (Å²) in [7, 11) is 0. The molecule has 4 heterocycles. The molecule has 10 nitrogen and oxygen atoms in total. The SMILES string of the molecule is Cc1ccc(-c2c(C#N)c(NCCCn3ccnc3)nc3sc(OC(N)=O)c(N)c23)o1. The second-order valence-electron chi connectivity index (χ2n) is 6.72. The number of imidazole rings is 1. The van der Waals surface area contributed by atoms with Crippen LogP contribution in [0.4, 0.5) is 16.3 Å². The van der Waals surface area contributed by atoms with E-state index in [4.69, 9.17) is 20.6 Å². The molecule has 0 aliphatic carbocycles. The first kappa shape index (κ1) is 20.2. The van der Waals surface area contributed by atoms with Crippen molar-refractivity contribution in [2.45, 2.75) is 19.9 Å². The first-order chi connectivity index (χ1) is 15.0. The maximum absolute atomic E-state index is 11.3. The number of aryl methyl sites for hydroxylation is 2. The zero-order valence-corrected chi connectivity index (χ0v) is 17.4. The highest BCUT2D eigenvalue weighted by atomic mass is 32.1. The number of carbonyl (C=O) groups excluding carboxylic acids is 1. The number of rotatable bonds is 7. The molecule has 0 aliphatic heterocycles. The molecule has 0 unspecified atom stereocenters. The largest absolute Gasteiger partial charge is 0.461 e. The summed E-state index contributed by atoms with van der Waals surface area (Å²) >= 11 is 1.08. The molecular weight excluding hydrogens is 418 g/mol. The summed E-state index contributed by atoms with van der Waals surface area (Å²) < 4.78 is 12.8. The minimum atomic E-state index is -0.980. The molecule has 4 aromatic rings. The van der Waals surface area contributed by atoms with Crippen molar-refractivity contribution in [3.8, 4) is 22.5 Å². The van der Waals surface area contributed by atoms with Crippen LogP contribution in [-0.2, 0) is 6.54 Å². The van der Waals surface area contributed by atoms with Crippen molar-refractivity contribution in [2.24, 2.45) is 5.73 Å². The fraction of sp³-hybridized carbons (Fsp3) is 0.200. The van der Waals surface area contributed by atoms with E-state index in [1.807, 2.05) is 17.7 Å². The molecule has 0 saturated heterocycles. The van der Waals surface area contributed by atoms with Crippen LogP contribution in [0, 0.1) is 18.3 Å². The summed E-state index contributed by atoms with van der Waals surface area (Å²) in [5.74, 6) is 1.55. The van der Waals surface area contributed by atoms with Gasteiger partial charge in [0.2, 0.25) is 5.06 Å². The maximum Gasteiger partial charge on any atom is 0.410 e. The van der Waals surface area contributed by atoms with E-state index in [0.29, 0.717) is 45.2 Å². The third-order valence-electron chi connectivity index (χ3n) is 4.58. The van der Waals surface area contributed by atoms with Crippen LogP contribution >= 0.6 is 11.3 Å². The van der Waals surface area contributed by atoms with Crippen molar-refractivity contribution >= 4 is 39.2 Å². The first-order valence-electron chi connectivity index (χ1n) is 9.37. The van der Waals surface area contributed by atoms with Gasteiger partial charge in [0.1, 0.15) is 33.8 Å². The van der Waals surface area contributed by atoms with Gasteiger partial charge < -0.3 is 30.5 Å². The van der Waals surface area contributed by atoms with Crippen molar-refractivity contribution in [3.63, 3.8) is 0 Å². The number of nitrogens with two attached hydrogens (primary N) is 2. The van der Waals surface area contributed by atoms with Gasteiger partial charge in [-0.2, -0.15) is 5.26 Å². The first-order valence-corrected chi connectivity index (χ1v) is 10.2. The van der Waals surface area contributed by atoms with E-state index in [1.54, 1.807) is 24.7 Å². The lowest BCUT2D eigenvalue weighted by Crippen LogP contribution is -2.16. The van der Waals surface area contributed by atoms with Gasteiger partial charge in [-0.25, -0.2) is 14.8 Å². The van der Waals surface area contributed by atoms with Crippen LogP contribution in [0.3, 0.4) is 0 Å². The Morgan fingerprint density at radius 2 is 2.29 bits per heavy atom. The Morgan fingerprint density at radius 3 is 2.94 bits per heavy atom. The molecule has 0 saturated carbocycles. The number of amides is 1. The highest BCUT2D eigenvalue weighted by molar-refractivity contribution is 7.21. The molecule has 0 radical (unpaired) electrons. The average Bonchev–Trinajstić information content (AvgIpc) is 3.46. The number of thiophene rings is 1. The van der Waals surface area contributed by atoms with Crippen molar-refractivity contribution in [3.05, 3.63) is 42.2 Å². The van der Waals surface area contributed by atoms with Gasteiger partial charge in [0.15, 0.2) is 0 Å². The third kappa shape index (κ3) is 4.01. The quantitative estimate of drug-likeness (QED) is 0.371. The molecule has 31 heavy (non-hydrogen) atoms. The lowest BCUT2D eigenvalue weighted by molar-refractivity contribution is 0.212. The summed E-state index contributed by atoms with van der Waals surface area (Å²) in [5, 5.41) is 13.8. The molecule has 0 aromatic carbocycles. The van der Waals surface area contributed by atoms with Gasteiger partial charge in [-0.3, -0.25) is 0 Å². The van der Waals surface area contributed by atoms with Crippen LogP contribution in [0.5, 0.6) is 5.06 Å². The fourth-order valence-corrected chi connectivity index (χ4v) is 4.20. The van der Waals surface area contributed by atoms with Crippen LogP contribution in [0.25, 0.3) is 21.5 Å². The van der Waals surface area contributed by atoms with E-state index in [9.17, 15) is 10.1 Å². The van der Waals surface area contributed by atoms with Gasteiger partial charge in [-0.1, -0.05) is 11.3 Å². The number of anilines is 2. The summed E-state index contributed by atoms with van der Waals surface area (Å²) in [6.45, 7) is 3.15. The number of nitrogens with zero attached hydrogens (tertiary/aromatic N) is 4. The van der Waals surface area contributed by atoms with Crippen molar-refractivity contribution in [2.75, 3.05) is 17.6 Å². The van der Waals surface area contributed by atoms with Crippen LogP contribution < -0.4 is 21.5 Å². The zero-order chi connectivity index (χ0) is 22.0. The lowest BCUT2D eigenvalue weighted by atomic mass is 10.0. The van der Waals surface area contributed by atoms with Gasteiger partial charge in [0, 0.05) is 25.5 Å². The zero-order valence-electron chi connectivity index (χ0n) is 16.6. The minimum absolute atomic E-state index is 0.126. The van der Waals surface area contributed by atoms with Gasteiger partial charge in [0.05, 0.1) is 23.0 Å². The van der Waals surface area contributed by atoms with Gasteiger partial charge in [0.25, 0.3) is 0 Å². The van der Waals surface area contributed by atoms with E-state index in [-0.39, 0.29) is 10.8 Å². The number of pyridine rings is 1. The predicted molar refractivity (Wildman–Crippen MR) is 117 cm³/mol. The van der Waals surface area contributed by atoms with Gasteiger partial charge in [-0.15, -0.1) is 0 Å². The van der Waals surface area contributed by atoms with E-state index < -0.39 is 6.09 Å². The maximum atomic E-state index is 11.3. The van der Waals surface area contributed by atoms with E-state index in [2.05, 4.69) is 21.4 Å². The molecule has 4 rings (SSSR count). The van der Waals surface area contributed by atoms with Crippen molar-refractivity contribution in [1.29, 1.82) is 5.26 Å². The Morgan fingerprint density at radius 1 is 1.45 bits per heavy atom. The second-order valence-corrected chi connectivity index (χ2v) is 7.68. The van der Waals surface area contributed by atoms with E-state index in [1.165, 1.54) is 0 Å². The monoisotopic (exact) mass is 437 g/mol. The van der Waals surface area contributed by atoms with E-state index in [0.717, 1.165) is 24.3 Å². The van der Waals surface area contributed by atoms with Crippen LogP contribution in [0.2, 0.25) is 0 Å². The molecule has 0 fully saturated rings. The second kappa shape index (κ2) is 8.37. The molecule has 0 bridgehead atoms. The Labute approximate surface area is 181 Å². The van der Waals surface area contributed by atoms with Gasteiger partial charge >= 0.3 is 6.09 Å². The van der Waals surface area contributed by atoms with Crippen LogP contribution in [0.15, 0.2) is 35.3 Å². The topological polar surface area (TPSA) is 158 Å². The Bertz CT molecular complexity index is 1280. The summed E-state index contributed by atoms with van der Waals surface area (Å²) in [5.41, 5.74) is 12.4.